The first kappa shape index (κ1) is 12.1. The molecule has 2 nitrogen and oxygen atoms in total. The van der Waals surface area contributed by atoms with Gasteiger partial charge < -0.3 is 10.4 Å². The Balaban J connectivity index is 1.81. The summed E-state index contributed by atoms with van der Waals surface area (Å²) in [5.74, 6) is 0. The number of hydrogen-bond donors (Lipinski definition) is 2. The molecular weight excluding hydrogens is 266 g/mol. The molecule has 16 heavy (non-hydrogen) atoms. The molecule has 0 amide bonds. The zero-order chi connectivity index (χ0) is 11.4. The van der Waals surface area contributed by atoms with Crippen molar-refractivity contribution in [3.8, 4) is 0 Å². The van der Waals surface area contributed by atoms with Crippen LogP contribution in [0.4, 0.5) is 0 Å². The van der Waals surface area contributed by atoms with Crippen molar-refractivity contribution in [2.45, 2.75) is 44.4 Å². The van der Waals surface area contributed by atoms with Crippen molar-refractivity contribution in [1.29, 1.82) is 0 Å². The number of hydrogen-bond acceptors (Lipinski definition) is 2. The summed E-state index contributed by atoms with van der Waals surface area (Å²) in [5.41, 5.74) is 1.30. The van der Waals surface area contributed by atoms with Gasteiger partial charge in [-0.3, -0.25) is 0 Å². The van der Waals surface area contributed by atoms with E-state index in [9.17, 15) is 5.11 Å². The summed E-state index contributed by atoms with van der Waals surface area (Å²) in [7, 11) is 0. The zero-order valence-corrected chi connectivity index (χ0v) is 10.9. The highest BCUT2D eigenvalue weighted by Crippen LogP contribution is 2.20. The van der Waals surface area contributed by atoms with Crippen LogP contribution in [0.1, 0.15) is 31.2 Å². The normalized spacial score (nSPS) is 25.6. The maximum atomic E-state index is 9.42. The number of nitrogens with one attached hydrogen (secondary N) is 1. The van der Waals surface area contributed by atoms with E-state index < -0.39 is 0 Å². The average Bonchev–Trinajstić information content (AvgIpc) is 2.30. The Morgan fingerprint density at radius 3 is 2.56 bits per heavy atom. The predicted molar refractivity (Wildman–Crippen MR) is 69.2 cm³/mol. The van der Waals surface area contributed by atoms with E-state index in [1.54, 1.807) is 0 Å². The molecule has 0 radical (unpaired) electrons. The monoisotopic (exact) mass is 283 g/mol. The van der Waals surface area contributed by atoms with Crippen molar-refractivity contribution in [2.24, 2.45) is 0 Å². The minimum absolute atomic E-state index is 0.0680. The maximum absolute atomic E-state index is 9.42. The number of rotatable bonds is 3. The molecule has 2 N–H and O–H groups in total. The fraction of sp³-hybridized carbons (Fsp3) is 0.538. The van der Waals surface area contributed by atoms with Crippen molar-refractivity contribution >= 4 is 15.9 Å². The lowest BCUT2D eigenvalue weighted by Crippen LogP contribution is -2.34. The van der Waals surface area contributed by atoms with Crippen molar-refractivity contribution in [3.05, 3.63) is 34.3 Å². The van der Waals surface area contributed by atoms with Crippen LogP contribution in [-0.2, 0) is 6.54 Å². The number of aliphatic hydroxyl groups excluding tert-OH is 1. The first-order valence-corrected chi connectivity index (χ1v) is 6.70. The summed E-state index contributed by atoms with van der Waals surface area (Å²) < 4.78 is 1.17. The van der Waals surface area contributed by atoms with Crippen LogP contribution in [0.5, 0.6) is 0 Å². The van der Waals surface area contributed by atoms with Crippen LogP contribution in [0.2, 0.25) is 0 Å². The van der Waals surface area contributed by atoms with E-state index in [4.69, 9.17) is 0 Å². The molecule has 0 atom stereocenters. The van der Waals surface area contributed by atoms with Gasteiger partial charge in [-0.25, -0.2) is 0 Å². The SMILES string of the molecule is OC1CCC(NCc2ccccc2Br)CC1. The Bertz CT molecular complexity index is 334. The van der Waals surface area contributed by atoms with E-state index in [-0.39, 0.29) is 6.10 Å². The average molecular weight is 284 g/mol. The van der Waals surface area contributed by atoms with Crippen molar-refractivity contribution in [2.75, 3.05) is 0 Å². The highest BCUT2D eigenvalue weighted by atomic mass is 79.9. The molecule has 88 valence electrons. The van der Waals surface area contributed by atoms with E-state index in [0.717, 1.165) is 32.2 Å². The zero-order valence-electron chi connectivity index (χ0n) is 9.32. The molecule has 0 aliphatic heterocycles. The Morgan fingerprint density at radius 2 is 1.88 bits per heavy atom. The molecule has 0 aromatic heterocycles. The molecule has 2 rings (SSSR count). The highest BCUT2D eigenvalue weighted by molar-refractivity contribution is 9.10. The van der Waals surface area contributed by atoms with Crippen molar-refractivity contribution in [1.82, 2.24) is 5.32 Å². The van der Waals surface area contributed by atoms with Crippen LogP contribution in [-0.4, -0.2) is 17.3 Å². The van der Waals surface area contributed by atoms with Gasteiger partial charge in [0, 0.05) is 17.1 Å². The van der Waals surface area contributed by atoms with Gasteiger partial charge >= 0.3 is 0 Å². The molecule has 0 spiro atoms. The molecule has 1 aromatic rings. The molecule has 0 unspecified atom stereocenters. The molecule has 0 heterocycles. The summed E-state index contributed by atoms with van der Waals surface area (Å²) in [6, 6.07) is 8.86. The Morgan fingerprint density at radius 1 is 1.19 bits per heavy atom. The topological polar surface area (TPSA) is 32.3 Å². The van der Waals surface area contributed by atoms with E-state index in [2.05, 4.69) is 39.4 Å². The molecule has 3 heteroatoms. The Hall–Kier alpha value is -0.380. The van der Waals surface area contributed by atoms with Crippen LogP contribution < -0.4 is 5.32 Å². The van der Waals surface area contributed by atoms with Crippen LogP contribution in [0.25, 0.3) is 0 Å². The number of halogens is 1. The van der Waals surface area contributed by atoms with E-state index in [0.29, 0.717) is 6.04 Å². The predicted octanol–water partition coefficient (Wildman–Crippen LogP) is 2.84. The standard InChI is InChI=1S/C13H18BrNO/c14-13-4-2-1-3-10(13)9-15-11-5-7-12(16)8-6-11/h1-4,11-12,15-16H,5-9H2. The molecule has 1 aliphatic rings. The van der Waals surface area contributed by atoms with Crippen LogP contribution in [0.3, 0.4) is 0 Å². The van der Waals surface area contributed by atoms with E-state index in [1.165, 1.54) is 10.0 Å². The van der Waals surface area contributed by atoms with Crippen molar-refractivity contribution < 1.29 is 5.11 Å². The Kier molecular flexibility index (Phi) is 4.38. The molecule has 1 fully saturated rings. The first-order valence-electron chi connectivity index (χ1n) is 5.90. The quantitative estimate of drug-likeness (QED) is 0.894. The maximum Gasteiger partial charge on any atom is 0.0541 e. The molecule has 1 saturated carbocycles. The first-order chi connectivity index (χ1) is 7.75. The summed E-state index contributed by atoms with van der Waals surface area (Å²) in [5, 5.41) is 13.0. The minimum Gasteiger partial charge on any atom is -0.393 e. The third kappa shape index (κ3) is 3.30. The van der Waals surface area contributed by atoms with Crippen molar-refractivity contribution in [3.63, 3.8) is 0 Å². The molecule has 0 saturated heterocycles. The largest absolute Gasteiger partial charge is 0.393 e. The van der Waals surface area contributed by atoms with Gasteiger partial charge in [-0.15, -0.1) is 0 Å². The van der Waals surface area contributed by atoms with Gasteiger partial charge in [0.1, 0.15) is 0 Å². The lowest BCUT2D eigenvalue weighted by molar-refractivity contribution is 0.116. The fourth-order valence-corrected chi connectivity index (χ4v) is 2.60. The van der Waals surface area contributed by atoms with Gasteiger partial charge in [0.2, 0.25) is 0 Å². The van der Waals surface area contributed by atoms with Gasteiger partial charge in [-0.2, -0.15) is 0 Å². The highest BCUT2D eigenvalue weighted by Gasteiger charge is 2.18. The molecule has 1 aliphatic carbocycles. The van der Waals surface area contributed by atoms with Crippen LogP contribution in [0.15, 0.2) is 28.7 Å². The van der Waals surface area contributed by atoms with Gasteiger partial charge in [-0.1, -0.05) is 34.1 Å². The molecule has 0 bridgehead atoms. The number of aliphatic hydroxyl groups is 1. The fourth-order valence-electron chi connectivity index (χ4n) is 2.18. The third-order valence-electron chi connectivity index (χ3n) is 3.24. The van der Waals surface area contributed by atoms with Gasteiger partial charge in [0.05, 0.1) is 6.10 Å². The van der Waals surface area contributed by atoms with Crippen LogP contribution >= 0.6 is 15.9 Å². The van der Waals surface area contributed by atoms with Gasteiger partial charge in [0.25, 0.3) is 0 Å². The second-order valence-electron chi connectivity index (χ2n) is 4.48. The summed E-state index contributed by atoms with van der Waals surface area (Å²) >= 11 is 3.55. The number of benzene rings is 1. The minimum atomic E-state index is -0.0680. The summed E-state index contributed by atoms with van der Waals surface area (Å²) in [6.07, 6.45) is 3.99. The van der Waals surface area contributed by atoms with E-state index in [1.807, 2.05) is 6.07 Å². The second-order valence-corrected chi connectivity index (χ2v) is 5.33. The van der Waals surface area contributed by atoms with Gasteiger partial charge in [-0.05, 0) is 37.3 Å². The lowest BCUT2D eigenvalue weighted by Gasteiger charge is -2.26. The molecule has 1 aromatic carbocycles. The smallest absolute Gasteiger partial charge is 0.0541 e. The lowest BCUT2D eigenvalue weighted by atomic mass is 9.93. The second kappa shape index (κ2) is 5.80. The van der Waals surface area contributed by atoms with E-state index >= 15 is 0 Å². The van der Waals surface area contributed by atoms with Gasteiger partial charge in [0.15, 0.2) is 0 Å². The third-order valence-corrected chi connectivity index (χ3v) is 4.01. The Labute approximate surface area is 105 Å². The summed E-state index contributed by atoms with van der Waals surface area (Å²) in [6.45, 7) is 0.905. The summed E-state index contributed by atoms with van der Waals surface area (Å²) in [4.78, 5) is 0. The molecular formula is C13H18BrNO. The van der Waals surface area contributed by atoms with Crippen LogP contribution in [0, 0.1) is 0 Å².